The zero-order valence-corrected chi connectivity index (χ0v) is 16.4. The molecule has 26 heavy (non-hydrogen) atoms. The number of pyridine rings is 1. The predicted octanol–water partition coefficient (Wildman–Crippen LogP) is 2.45. The maximum Gasteiger partial charge on any atom is 0.280 e. The van der Waals surface area contributed by atoms with Crippen molar-refractivity contribution < 1.29 is 19.2 Å². The van der Waals surface area contributed by atoms with Gasteiger partial charge < -0.3 is 19.7 Å². The molecule has 0 aliphatic heterocycles. The molecule has 0 aliphatic carbocycles. The van der Waals surface area contributed by atoms with Crippen LogP contribution < -0.4 is 19.7 Å². The molecule has 1 aromatic carbocycles. The molecule has 0 saturated heterocycles. The van der Waals surface area contributed by atoms with Crippen LogP contribution in [0.5, 0.6) is 11.5 Å². The number of likely N-dealkylation sites (N-methyl/N-ethyl adjacent to an activating group) is 1. The minimum Gasteiger partial charge on any atom is -0.493 e. The normalized spacial score (nSPS) is 11.7. The van der Waals surface area contributed by atoms with Gasteiger partial charge in [-0.1, -0.05) is 23.2 Å². The van der Waals surface area contributed by atoms with E-state index in [0.29, 0.717) is 40.5 Å². The zero-order valence-electron chi connectivity index (χ0n) is 14.9. The Morgan fingerprint density at radius 1 is 1.27 bits per heavy atom. The molecule has 0 radical (unpaired) electrons. The molecular formula is C18H22Cl2N3O3+. The van der Waals surface area contributed by atoms with Gasteiger partial charge in [-0.05, 0) is 31.2 Å². The molecule has 140 valence electrons. The second kappa shape index (κ2) is 9.62. The summed E-state index contributed by atoms with van der Waals surface area (Å²) in [5.41, 5.74) is 1.04. The highest BCUT2D eigenvalue weighted by atomic mass is 35.5. The van der Waals surface area contributed by atoms with E-state index in [2.05, 4.69) is 10.3 Å². The van der Waals surface area contributed by atoms with Gasteiger partial charge in [0.1, 0.15) is 6.54 Å². The molecule has 6 nitrogen and oxygen atoms in total. The summed E-state index contributed by atoms with van der Waals surface area (Å²) in [6.45, 7) is 3.40. The molecule has 2 N–H and O–H groups in total. The lowest BCUT2D eigenvalue weighted by molar-refractivity contribution is -0.885. The summed E-state index contributed by atoms with van der Waals surface area (Å²) in [5.74, 6) is 1.50. The number of ether oxygens (including phenoxy) is 2. The van der Waals surface area contributed by atoms with Gasteiger partial charge in [-0.25, -0.2) is 4.98 Å². The topological polar surface area (TPSA) is 64.9 Å². The van der Waals surface area contributed by atoms with Gasteiger partial charge in [-0.3, -0.25) is 4.79 Å². The van der Waals surface area contributed by atoms with Gasteiger partial charge in [-0.2, -0.15) is 0 Å². The molecular weight excluding hydrogens is 377 g/mol. The average Bonchev–Trinajstić information content (AvgIpc) is 2.58. The van der Waals surface area contributed by atoms with Crippen molar-refractivity contribution in [1.29, 1.82) is 0 Å². The summed E-state index contributed by atoms with van der Waals surface area (Å²) >= 11 is 11.8. The van der Waals surface area contributed by atoms with Crippen molar-refractivity contribution in [2.75, 3.05) is 32.6 Å². The van der Waals surface area contributed by atoms with Crippen molar-refractivity contribution >= 4 is 34.9 Å². The first-order chi connectivity index (χ1) is 12.4. The Kier molecular flexibility index (Phi) is 7.50. The molecule has 0 bridgehead atoms. The number of carbonyl (C=O) groups excluding carboxylic acids is 1. The van der Waals surface area contributed by atoms with Crippen LogP contribution >= 0.6 is 23.2 Å². The molecule has 1 atom stereocenters. The summed E-state index contributed by atoms with van der Waals surface area (Å²) in [6.07, 6.45) is 1.44. The number of aromatic nitrogens is 1. The summed E-state index contributed by atoms with van der Waals surface area (Å²) in [5, 5.41) is 3.42. The Balaban J connectivity index is 1.95. The highest BCUT2D eigenvalue weighted by Crippen LogP contribution is 2.27. The van der Waals surface area contributed by atoms with Crippen molar-refractivity contribution in [2.24, 2.45) is 0 Å². The molecule has 0 saturated carbocycles. The summed E-state index contributed by atoms with van der Waals surface area (Å²) in [4.78, 5) is 17.2. The number of carbonyl (C=O) groups is 1. The average molecular weight is 399 g/mol. The van der Waals surface area contributed by atoms with Crippen LogP contribution in [0.1, 0.15) is 12.5 Å². The van der Waals surface area contributed by atoms with E-state index in [1.165, 1.54) is 12.3 Å². The van der Waals surface area contributed by atoms with Crippen LogP contribution in [0.25, 0.3) is 0 Å². The second-order valence-electron chi connectivity index (χ2n) is 5.76. The van der Waals surface area contributed by atoms with Crippen LogP contribution in [0.3, 0.4) is 0 Å². The third-order valence-electron chi connectivity index (χ3n) is 3.56. The molecule has 2 rings (SSSR count). The predicted molar refractivity (Wildman–Crippen MR) is 103 cm³/mol. The fourth-order valence-corrected chi connectivity index (χ4v) is 2.89. The molecule has 1 amide bonds. The third-order valence-corrected chi connectivity index (χ3v) is 4.06. The Morgan fingerprint density at radius 3 is 2.69 bits per heavy atom. The van der Waals surface area contributed by atoms with Gasteiger partial charge in [0.05, 0.1) is 30.8 Å². The van der Waals surface area contributed by atoms with Gasteiger partial charge >= 0.3 is 0 Å². The molecule has 8 heteroatoms. The van der Waals surface area contributed by atoms with Crippen molar-refractivity contribution in [3.05, 3.63) is 46.1 Å². The number of methoxy groups -OCH3 is 1. The molecule has 2 aromatic rings. The number of amides is 1. The number of quaternary nitrogens is 1. The van der Waals surface area contributed by atoms with E-state index in [1.807, 2.05) is 32.2 Å². The van der Waals surface area contributed by atoms with E-state index in [0.717, 1.165) is 10.5 Å². The van der Waals surface area contributed by atoms with E-state index in [1.54, 1.807) is 7.11 Å². The Labute approximate surface area is 163 Å². The monoisotopic (exact) mass is 398 g/mol. The Bertz CT molecular complexity index is 771. The van der Waals surface area contributed by atoms with Crippen molar-refractivity contribution in [3.8, 4) is 11.5 Å². The Morgan fingerprint density at radius 2 is 2.04 bits per heavy atom. The van der Waals surface area contributed by atoms with Gasteiger partial charge in [-0.15, -0.1) is 0 Å². The molecule has 1 heterocycles. The van der Waals surface area contributed by atoms with Crippen molar-refractivity contribution in [1.82, 2.24) is 4.98 Å². The summed E-state index contributed by atoms with van der Waals surface area (Å²) in [7, 11) is 3.54. The maximum atomic E-state index is 12.2. The van der Waals surface area contributed by atoms with Gasteiger partial charge in [0.15, 0.2) is 23.9 Å². The van der Waals surface area contributed by atoms with Crippen LogP contribution in [0, 0.1) is 0 Å². The smallest absolute Gasteiger partial charge is 0.280 e. The molecule has 0 fully saturated rings. The molecule has 1 aromatic heterocycles. The summed E-state index contributed by atoms with van der Waals surface area (Å²) in [6, 6.07) is 7.30. The lowest BCUT2D eigenvalue weighted by Crippen LogP contribution is -3.08. The first-order valence-electron chi connectivity index (χ1n) is 8.14. The first-order valence-corrected chi connectivity index (χ1v) is 8.90. The number of benzene rings is 1. The molecule has 1 unspecified atom stereocenters. The van der Waals surface area contributed by atoms with E-state index in [-0.39, 0.29) is 12.5 Å². The quantitative estimate of drug-likeness (QED) is 0.716. The fourth-order valence-electron chi connectivity index (χ4n) is 2.46. The van der Waals surface area contributed by atoms with Crippen LogP contribution in [0.15, 0.2) is 30.5 Å². The second-order valence-corrected chi connectivity index (χ2v) is 6.60. The SMILES string of the molecule is CCOc1ccc(C[NH+](C)CC(=O)Nc2ncc(Cl)cc2Cl)cc1OC. The lowest BCUT2D eigenvalue weighted by atomic mass is 10.2. The molecule has 0 spiro atoms. The van der Waals surface area contributed by atoms with Crippen LogP contribution in [-0.2, 0) is 11.3 Å². The van der Waals surface area contributed by atoms with Gasteiger partial charge in [0.2, 0.25) is 0 Å². The van der Waals surface area contributed by atoms with Crippen LogP contribution in [-0.4, -0.2) is 38.2 Å². The van der Waals surface area contributed by atoms with Crippen LogP contribution in [0.4, 0.5) is 5.82 Å². The van der Waals surface area contributed by atoms with Gasteiger partial charge in [0.25, 0.3) is 5.91 Å². The zero-order chi connectivity index (χ0) is 19.1. The fraction of sp³-hybridized carbons (Fsp3) is 0.333. The van der Waals surface area contributed by atoms with Crippen molar-refractivity contribution in [2.45, 2.75) is 13.5 Å². The number of anilines is 1. The number of halogens is 2. The van der Waals surface area contributed by atoms with Crippen LogP contribution in [0.2, 0.25) is 10.0 Å². The highest BCUT2D eigenvalue weighted by molar-refractivity contribution is 6.36. The van der Waals surface area contributed by atoms with Crippen molar-refractivity contribution in [3.63, 3.8) is 0 Å². The first kappa shape index (κ1) is 20.3. The lowest BCUT2D eigenvalue weighted by Gasteiger charge is -2.16. The maximum absolute atomic E-state index is 12.2. The molecule has 0 aliphatic rings. The number of hydrogen-bond donors (Lipinski definition) is 2. The standard InChI is InChI=1S/C18H21Cl2N3O3/c1-4-26-15-6-5-12(7-16(15)25-3)10-23(2)11-17(24)22-18-14(20)8-13(19)9-21-18/h5-9H,4,10-11H2,1-3H3,(H,21,22,24)/p+1. The number of nitrogens with zero attached hydrogens (tertiary/aromatic N) is 1. The van der Waals surface area contributed by atoms with E-state index >= 15 is 0 Å². The van der Waals surface area contributed by atoms with E-state index < -0.39 is 0 Å². The van der Waals surface area contributed by atoms with E-state index in [9.17, 15) is 4.79 Å². The van der Waals surface area contributed by atoms with E-state index in [4.69, 9.17) is 32.7 Å². The Hall–Kier alpha value is -2.02. The minimum absolute atomic E-state index is 0.183. The number of rotatable bonds is 8. The minimum atomic E-state index is -0.183. The van der Waals surface area contributed by atoms with Gasteiger partial charge in [0, 0.05) is 11.8 Å². The largest absolute Gasteiger partial charge is 0.493 e. The summed E-state index contributed by atoms with van der Waals surface area (Å²) < 4.78 is 10.9. The highest BCUT2D eigenvalue weighted by Gasteiger charge is 2.14. The number of nitrogens with one attached hydrogen (secondary N) is 2. The third kappa shape index (κ3) is 5.76. The number of hydrogen-bond acceptors (Lipinski definition) is 4.